The van der Waals surface area contributed by atoms with Crippen molar-refractivity contribution in [1.29, 1.82) is 0 Å². The van der Waals surface area contributed by atoms with Gasteiger partial charge in [-0.3, -0.25) is 9.98 Å². The molecule has 1 fully saturated rings. The highest BCUT2D eigenvalue weighted by molar-refractivity contribution is 8.14. The van der Waals surface area contributed by atoms with Crippen LogP contribution in [0.3, 0.4) is 0 Å². The van der Waals surface area contributed by atoms with Crippen molar-refractivity contribution in [1.82, 2.24) is 9.88 Å². The molecule has 3 atom stereocenters. The Morgan fingerprint density at radius 3 is 2.89 bits per heavy atom. The molecular formula is C20H21N3O3S. The van der Waals surface area contributed by atoms with Gasteiger partial charge in [0.15, 0.2) is 16.7 Å². The molecular weight excluding hydrogens is 362 g/mol. The number of rotatable bonds is 4. The number of ether oxygens (including phenoxy) is 3. The second-order valence-corrected chi connectivity index (χ2v) is 8.22. The minimum absolute atomic E-state index is 0.0309. The number of aliphatic imine (C=N–C) groups is 1. The molecule has 140 valence electrons. The number of nitrogens with zero attached hydrogens (tertiary/aromatic N) is 3. The molecule has 0 bridgehead atoms. The van der Waals surface area contributed by atoms with E-state index >= 15 is 0 Å². The highest BCUT2D eigenvalue weighted by atomic mass is 32.2. The largest absolute Gasteiger partial charge is 0.493 e. The van der Waals surface area contributed by atoms with Gasteiger partial charge in [-0.05, 0) is 25.1 Å². The summed E-state index contributed by atoms with van der Waals surface area (Å²) in [6, 6.07) is 9.96. The Bertz CT molecular complexity index is 890. The zero-order valence-electron chi connectivity index (χ0n) is 15.3. The first-order valence-electron chi connectivity index (χ1n) is 9.23. The van der Waals surface area contributed by atoms with Crippen LogP contribution < -0.4 is 14.2 Å². The maximum atomic E-state index is 5.99. The molecule has 0 radical (unpaired) electrons. The summed E-state index contributed by atoms with van der Waals surface area (Å²) in [6.45, 7) is 6.03. The van der Waals surface area contributed by atoms with Crippen LogP contribution in [-0.4, -0.2) is 40.2 Å². The Balaban J connectivity index is 1.63. The van der Waals surface area contributed by atoms with Gasteiger partial charge >= 0.3 is 0 Å². The highest BCUT2D eigenvalue weighted by Crippen LogP contribution is 2.51. The second kappa shape index (κ2) is 6.64. The number of hydrogen-bond donors (Lipinski definition) is 0. The van der Waals surface area contributed by atoms with Gasteiger partial charge in [0.25, 0.3) is 0 Å². The lowest BCUT2D eigenvalue weighted by Crippen LogP contribution is -2.29. The summed E-state index contributed by atoms with van der Waals surface area (Å²) in [5.74, 6) is 2.33. The fourth-order valence-electron chi connectivity index (χ4n) is 3.90. The van der Waals surface area contributed by atoms with Crippen LogP contribution in [0, 0.1) is 0 Å². The molecule has 0 aliphatic carbocycles. The minimum Gasteiger partial charge on any atom is -0.493 e. The van der Waals surface area contributed by atoms with E-state index in [9.17, 15) is 0 Å². The van der Waals surface area contributed by atoms with Crippen molar-refractivity contribution in [3.63, 3.8) is 0 Å². The molecule has 0 unspecified atom stereocenters. The van der Waals surface area contributed by atoms with E-state index in [-0.39, 0.29) is 18.9 Å². The van der Waals surface area contributed by atoms with Crippen molar-refractivity contribution in [2.24, 2.45) is 4.99 Å². The molecule has 1 aromatic carbocycles. The summed E-state index contributed by atoms with van der Waals surface area (Å²) in [6.07, 6.45) is 1.83. The maximum Gasteiger partial charge on any atom is 0.231 e. The van der Waals surface area contributed by atoms with Crippen LogP contribution in [0.15, 0.2) is 41.5 Å². The van der Waals surface area contributed by atoms with E-state index in [2.05, 4.69) is 22.9 Å². The standard InChI is InChI=1S/C20H21N3O3S/c1-3-24-15-9-17-16(25-11-26-17)8-13(15)19-18(14-6-4-5-7-21-14)22-20-23(19)10-12(2)27-20/h4-9,12,18-19H,3,10-11H2,1-2H3/t12-,18+,19-/m1/s1. The Kier molecular flexibility index (Phi) is 4.11. The average molecular weight is 383 g/mol. The lowest BCUT2D eigenvalue weighted by atomic mass is 9.95. The predicted octanol–water partition coefficient (Wildman–Crippen LogP) is 3.80. The first kappa shape index (κ1) is 16.7. The number of aromatic nitrogens is 1. The number of hydrogen-bond acceptors (Lipinski definition) is 7. The van der Waals surface area contributed by atoms with Crippen molar-refractivity contribution in [3.8, 4) is 17.2 Å². The Labute approximate surface area is 162 Å². The molecule has 3 aliphatic heterocycles. The lowest BCUT2D eigenvalue weighted by molar-refractivity contribution is 0.173. The van der Waals surface area contributed by atoms with Gasteiger partial charge < -0.3 is 19.1 Å². The Hall–Kier alpha value is -2.41. The first-order chi connectivity index (χ1) is 13.2. The summed E-state index contributed by atoms with van der Waals surface area (Å²) in [5.41, 5.74) is 2.04. The van der Waals surface area contributed by atoms with Gasteiger partial charge in [0.2, 0.25) is 6.79 Å². The molecule has 1 aromatic heterocycles. The number of amidine groups is 1. The molecule has 4 heterocycles. The third-order valence-electron chi connectivity index (χ3n) is 5.00. The van der Waals surface area contributed by atoms with Crippen molar-refractivity contribution in [2.75, 3.05) is 19.9 Å². The molecule has 5 rings (SSSR count). The van der Waals surface area contributed by atoms with Gasteiger partial charge in [-0.25, -0.2) is 0 Å². The Morgan fingerprint density at radius 1 is 1.26 bits per heavy atom. The van der Waals surface area contributed by atoms with E-state index in [0.29, 0.717) is 11.9 Å². The third kappa shape index (κ3) is 2.81. The van der Waals surface area contributed by atoms with Gasteiger partial charge in [0.1, 0.15) is 11.8 Å². The molecule has 1 saturated heterocycles. The van der Waals surface area contributed by atoms with Crippen LogP contribution in [0.1, 0.15) is 37.2 Å². The van der Waals surface area contributed by atoms with Gasteiger partial charge in [0, 0.05) is 29.6 Å². The number of fused-ring (bicyclic) bond motifs is 2. The smallest absolute Gasteiger partial charge is 0.231 e. The van der Waals surface area contributed by atoms with Crippen LogP contribution in [0.4, 0.5) is 0 Å². The normalized spacial score (nSPS) is 25.5. The first-order valence-corrected chi connectivity index (χ1v) is 10.1. The average Bonchev–Trinajstić information content (AvgIpc) is 3.35. The van der Waals surface area contributed by atoms with Crippen molar-refractivity contribution >= 4 is 16.9 Å². The highest BCUT2D eigenvalue weighted by Gasteiger charge is 2.45. The number of benzene rings is 1. The van der Waals surface area contributed by atoms with E-state index in [1.54, 1.807) is 0 Å². The molecule has 7 heteroatoms. The van der Waals surface area contributed by atoms with E-state index in [0.717, 1.165) is 40.2 Å². The van der Waals surface area contributed by atoms with E-state index < -0.39 is 0 Å². The fraction of sp³-hybridized carbons (Fsp3) is 0.400. The van der Waals surface area contributed by atoms with E-state index in [1.165, 1.54) is 0 Å². The van der Waals surface area contributed by atoms with Gasteiger partial charge in [-0.1, -0.05) is 24.8 Å². The molecule has 0 N–H and O–H groups in total. The summed E-state index contributed by atoms with van der Waals surface area (Å²) in [7, 11) is 0. The summed E-state index contributed by atoms with van der Waals surface area (Å²) in [5, 5.41) is 1.60. The van der Waals surface area contributed by atoms with Crippen LogP contribution in [0.25, 0.3) is 0 Å². The molecule has 3 aliphatic rings. The minimum atomic E-state index is -0.0687. The van der Waals surface area contributed by atoms with E-state index in [4.69, 9.17) is 19.2 Å². The monoisotopic (exact) mass is 383 g/mol. The third-order valence-corrected chi connectivity index (χ3v) is 6.11. The number of thioether (sulfide) groups is 1. The topological polar surface area (TPSA) is 56.2 Å². The van der Waals surface area contributed by atoms with Crippen LogP contribution >= 0.6 is 11.8 Å². The van der Waals surface area contributed by atoms with Crippen LogP contribution in [0.5, 0.6) is 17.2 Å². The lowest BCUT2D eigenvalue weighted by Gasteiger charge is -2.29. The molecule has 6 nitrogen and oxygen atoms in total. The maximum absolute atomic E-state index is 5.99. The van der Waals surface area contributed by atoms with Gasteiger partial charge in [-0.2, -0.15) is 0 Å². The quantitative estimate of drug-likeness (QED) is 0.801. The van der Waals surface area contributed by atoms with Crippen molar-refractivity contribution < 1.29 is 14.2 Å². The van der Waals surface area contributed by atoms with Gasteiger partial charge in [0.05, 0.1) is 18.3 Å². The molecule has 0 amide bonds. The zero-order valence-corrected chi connectivity index (χ0v) is 16.1. The van der Waals surface area contributed by atoms with E-state index in [1.807, 2.05) is 49.1 Å². The number of pyridine rings is 1. The summed E-state index contributed by atoms with van der Waals surface area (Å²) >= 11 is 1.83. The van der Waals surface area contributed by atoms with Crippen molar-refractivity contribution in [3.05, 3.63) is 47.8 Å². The molecule has 2 aromatic rings. The molecule has 0 spiro atoms. The summed E-state index contributed by atoms with van der Waals surface area (Å²) in [4.78, 5) is 12.0. The molecule has 0 saturated carbocycles. The zero-order chi connectivity index (χ0) is 18.4. The molecule has 27 heavy (non-hydrogen) atoms. The van der Waals surface area contributed by atoms with Crippen LogP contribution in [0.2, 0.25) is 0 Å². The SMILES string of the molecule is CCOc1cc2c(cc1[C@@H]1[C@H](c3ccccn3)N=C3S[C@H](C)CN31)OCO2. The Morgan fingerprint density at radius 2 is 2.11 bits per heavy atom. The van der Waals surface area contributed by atoms with Crippen molar-refractivity contribution in [2.45, 2.75) is 31.2 Å². The summed E-state index contributed by atoms with van der Waals surface area (Å²) < 4.78 is 17.2. The second-order valence-electron chi connectivity index (χ2n) is 6.81. The van der Waals surface area contributed by atoms with Gasteiger partial charge in [-0.15, -0.1) is 0 Å². The van der Waals surface area contributed by atoms with Crippen LogP contribution in [-0.2, 0) is 0 Å². The fourth-order valence-corrected chi connectivity index (χ4v) is 5.00. The predicted molar refractivity (Wildman–Crippen MR) is 105 cm³/mol.